The van der Waals surface area contributed by atoms with Crippen LogP contribution in [0.5, 0.6) is 0 Å². The molecule has 12 heavy (non-hydrogen) atoms. The van der Waals surface area contributed by atoms with Gasteiger partial charge in [0.2, 0.25) is 0 Å². The molecule has 0 unspecified atom stereocenters. The lowest BCUT2D eigenvalue weighted by atomic mass is 9.79. The monoisotopic (exact) mass is 291 g/mol. The molecule has 0 radical (unpaired) electrons. The average Bonchev–Trinajstić information content (AvgIpc) is 1.44. The van der Waals surface area contributed by atoms with Gasteiger partial charge in [-0.1, -0.05) is 0 Å². The minimum atomic E-state index is -1.90. The Morgan fingerprint density at radius 3 is 0.833 bits per heavy atom. The van der Waals surface area contributed by atoms with Crippen LogP contribution in [0.25, 0.3) is 0 Å². The molecule has 6 N–H and O–H groups in total. The van der Waals surface area contributed by atoms with Gasteiger partial charge in [0, 0.05) is 0 Å². The van der Waals surface area contributed by atoms with Crippen molar-refractivity contribution in [3.8, 4) is 0 Å². The second kappa shape index (κ2) is 3.44. The van der Waals surface area contributed by atoms with Gasteiger partial charge < -0.3 is 15.4 Å². The van der Waals surface area contributed by atoms with Crippen LogP contribution in [-0.4, -0.2) is 15.7 Å². The van der Waals surface area contributed by atoms with E-state index >= 15 is 0 Å². The third-order valence-electron chi connectivity index (χ3n) is 1.54. The Hall–Kier alpha value is 1.81. The predicted molar refractivity (Wildman–Crippen MR) is 58.2 cm³/mol. The number of halogens is 6. The summed E-state index contributed by atoms with van der Waals surface area (Å²) in [6, 6.07) is 0. The molecule has 12 heteroatoms. The molecule has 1 saturated heterocycles. The summed E-state index contributed by atoms with van der Waals surface area (Å²) in [4.78, 5) is 0. The summed E-state index contributed by atoms with van der Waals surface area (Å²) in [6.45, 7) is 0. The van der Waals surface area contributed by atoms with Crippen LogP contribution in [0.1, 0.15) is 0 Å². The summed E-state index contributed by atoms with van der Waals surface area (Å²) in [5, 5.41) is -1.32. The molecule has 0 aliphatic carbocycles. The van der Waals surface area contributed by atoms with Crippen molar-refractivity contribution in [3.63, 3.8) is 0 Å². The van der Waals surface area contributed by atoms with Crippen molar-refractivity contribution in [2.24, 2.45) is 0 Å². The van der Waals surface area contributed by atoms with E-state index in [9.17, 15) is 0 Å². The van der Waals surface area contributed by atoms with Crippen molar-refractivity contribution >= 4 is 84.5 Å². The zero-order chi connectivity index (χ0) is 9.62. The smallest absolute Gasteiger partial charge is 0.507 e. The molecular formula is H6B3Cl6N3. The highest BCUT2D eigenvalue weighted by molar-refractivity contribution is 7.51. The quantitative estimate of drug-likeness (QED) is 0.452. The van der Waals surface area contributed by atoms with Gasteiger partial charge in [-0.2, -0.15) is 0 Å². The molecule has 72 valence electrons. The Morgan fingerprint density at radius 1 is 0.500 bits per heavy atom. The highest BCUT2D eigenvalue weighted by atomic mass is 35.5. The lowest BCUT2D eigenvalue weighted by molar-refractivity contribution is -0.654. The lowest BCUT2D eigenvalue weighted by Gasteiger charge is -2.48. The number of hydrogen-bond acceptors (Lipinski definition) is 0. The highest BCUT2D eigenvalue weighted by Gasteiger charge is 2.53. The SMILES string of the molecule is Cl[B-]1(Cl)[NH2+][B-](Cl)(Cl)[NH2+][B-](Cl)(Cl)[NH2+]1. The number of rotatable bonds is 0. The highest BCUT2D eigenvalue weighted by Crippen LogP contribution is 2.08. The van der Waals surface area contributed by atoms with Gasteiger partial charge in [0.1, 0.15) is 0 Å². The molecular weight excluding hydrogens is 287 g/mol. The fourth-order valence-corrected chi connectivity index (χ4v) is 4.87. The standard InChI is InChI=1S/B3Cl6H6N3/c4-1(5)10-2(6,7)12-3(8,9)11-1/h10-12H2. The summed E-state index contributed by atoms with van der Waals surface area (Å²) in [6.07, 6.45) is 0. The molecule has 1 heterocycles. The van der Waals surface area contributed by atoms with Gasteiger partial charge in [-0.05, 0) is 0 Å². The minimum absolute atomic E-state index is 1.46. The topological polar surface area (TPSA) is 49.8 Å². The number of hydrogen-bond donors (Lipinski definition) is 3. The maximum absolute atomic E-state index is 5.83. The van der Waals surface area contributed by atoms with E-state index in [2.05, 4.69) is 0 Å². The average molecular weight is 293 g/mol. The van der Waals surface area contributed by atoms with E-state index in [1.54, 1.807) is 0 Å². The van der Waals surface area contributed by atoms with Gasteiger partial charge in [0.05, 0.1) is 0 Å². The Labute approximate surface area is 99.4 Å². The van der Waals surface area contributed by atoms with Crippen molar-refractivity contribution in [1.82, 2.24) is 0 Å². The minimum Gasteiger partial charge on any atom is -0.574 e. The Bertz CT molecular complexity index is 145. The van der Waals surface area contributed by atoms with Gasteiger partial charge in [-0.25, -0.2) is 68.8 Å². The van der Waals surface area contributed by atoms with Crippen LogP contribution in [0.4, 0.5) is 0 Å². The van der Waals surface area contributed by atoms with E-state index in [1.165, 1.54) is 15.4 Å². The van der Waals surface area contributed by atoms with Crippen LogP contribution in [0.3, 0.4) is 0 Å². The second-order valence-electron chi connectivity index (χ2n) is 2.91. The van der Waals surface area contributed by atoms with E-state index in [4.69, 9.17) is 68.8 Å². The maximum Gasteiger partial charge on any atom is 0.507 e. The summed E-state index contributed by atoms with van der Waals surface area (Å²) in [7, 11) is 0. The lowest BCUT2D eigenvalue weighted by Crippen LogP contribution is -3.48. The van der Waals surface area contributed by atoms with Crippen molar-refractivity contribution in [1.29, 1.82) is 0 Å². The fourth-order valence-electron chi connectivity index (χ4n) is 1.22. The summed E-state index contributed by atoms with van der Waals surface area (Å²) < 4.78 is 0. The van der Waals surface area contributed by atoms with E-state index < -0.39 is 15.7 Å². The maximum atomic E-state index is 5.83. The molecule has 1 rings (SSSR count). The van der Waals surface area contributed by atoms with Crippen molar-refractivity contribution in [2.75, 3.05) is 0 Å². The van der Waals surface area contributed by atoms with Crippen molar-refractivity contribution < 1.29 is 15.4 Å². The first kappa shape index (κ1) is 11.9. The first-order valence-electron chi connectivity index (χ1n) is 3.31. The predicted octanol–water partition coefficient (Wildman–Crippen LogP) is -1.57. The van der Waals surface area contributed by atoms with Crippen LogP contribution in [0, 0.1) is 0 Å². The van der Waals surface area contributed by atoms with Crippen LogP contribution in [-0.2, 0) is 0 Å². The molecule has 0 aromatic rings. The van der Waals surface area contributed by atoms with Crippen LogP contribution >= 0.6 is 68.8 Å². The van der Waals surface area contributed by atoms with Gasteiger partial charge in [-0.3, -0.25) is 0 Å². The zero-order valence-electron chi connectivity index (χ0n) is 5.73. The summed E-state index contributed by atoms with van der Waals surface area (Å²) >= 11 is 35.0. The van der Waals surface area contributed by atoms with Gasteiger partial charge in [0.15, 0.2) is 0 Å². The molecule has 0 aromatic carbocycles. The molecule has 0 spiro atoms. The van der Waals surface area contributed by atoms with E-state index in [-0.39, 0.29) is 0 Å². The van der Waals surface area contributed by atoms with Crippen LogP contribution in [0.15, 0.2) is 0 Å². The summed E-state index contributed by atoms with van der Waals surface area (Å²) in [5.74, 6) is 0. The fraction of sp³-hybridized carbons (Fsp3) is 0. The zero-order valence-corrected chi connectivity index (χ0v) is 10.3. The number of quaternary nitrogens is 3. The van der Waals surface area contributed by atoms with Crippen molar-refractivity contribution in [2.45, 2.75) is 0 Å². The van der Waals surface area contributed by atoms with E-state index in [1.807, 2.05) is 0 Å². The molecule has 3 nitrogen and oxygen atoms in total. The molecule has 1 fully saturated rings. The Morgan fingerprint density at radius 2 is 0.667 bits per heavy atom. The largest absolute Gasteiger partial charge is 0.574 e. The van der Waals surface area contributed by atoms with Gasteiger partial charge in [0.25, 0.3) is 0 Å². The molecule has 1 aliphatic heterocycles. The first-order chi connectivity index (χ1) is 5.12. The van der Waals surface area contributed by atoms with Crippen molar-refractivity contribution in [3.05, 3.63) is 0 Å². The van der Waals surface area contributed by atoms with Crippen LogP contribution in [0.2, 0.25) is 0 Å². The van der Waals surface area contributed by atoms with Crippen LogP contribution < -0.4 is 15.4 Å². The van der Waals surface area contributed by atoms with E-state index in [0.29, 0.717) is 0 Å². The number of nitrogens with two attached hydrogens (primary N) is 3. The molecule has 0 atom stereocenters. The Balaban J connectivity index is 2.81. The first-order valence-corrected chi connectivity index (χ1v) is 5.93. The summed E-state index contributed by atoms with van der Waals surface area (Å²) in [5.41, 5.74) is 0. The van der Waals surface area contributed by atoms with Gasteiger partial charge in [-0.15, -0.1) is 0 Å². The molecule has 0 bridgehead atoms. The third kappa shape index (κ3) is 3.52. The van der Waals surface area contributed by atoms with Gasteiger partial charge >= 0.3 is 15.7 Å². The molecule has 1 aliphatic rings. The Kier molecular flexibility index (Phi) is 3.40. The normalized spacial score (nSPS) is 31.5. The molecule has 0 amide bonds. The second-order valence-corrected chi connectivity index (χ2v) is 7.92. The third-order valence-corrected chi connectivity index (χ3v) is 3.29. The molecule has 0 saturated carbocycles. The molecule has 0 aromatic heterocycles. The van der Waals surface area contributed by atoms with E-state index in [0.717, 1.165) is 0 Å².